The van der Waals surface area contributed by atoms with Gasteiger partial charge in [-0.25, -0.2) is 0 Å². The molecule has 0 aromatic carbocycles. The molecule has 28 heavy (non-hydrogen) atoms. The summed E-state index contributed by atoms with van der Waals surface area (Å²) in [5.74, 6) is 0.868. The summed E-state index contributed by atoms with van der Waals surface area (Å²) in [6, 6.07) is 0. The van der Waals surface area contributed by atoms with Crippen LogP contribution >= 0.6 is 11.6 Å². The first-order valence-electron chi connectivity index (χ1n) is 11.3. The molecule has 0 aromatic rings. The Hall–Kier alpha value is -1.16. The lowest BCUT2D eigenvalue weighted by Gasteiger charge is -2.47. The minimum Gasteiger partial charge on any atom is -0.495 e. The van der Waals surface area contributed by atoms with E-state index in [1.54, 1.807) is 0 Å². The van der Waals surface area contributed by atoms with Gasteiger partial charge in [0.25, 0.3) is 0 Å². The lowest BCUT2D eigenvalue weighted by molar-refractivity contribution is -0.138. The fourth-order valence-corrected chi connectivity index (χ4v) is 5.97. The van der Waals surface area contributed by atoms with Crippen molar-refractivity contribution in [3.63, 3.8) is 0 Å². The largest absolute Gasteiger partial charge is 0.495 e. The van der Waals surface area contributed by atoms with E-state index >= 15 is 0 Å². The Kier molecular flexibility index (Phi) is 6.24. The lowest BCUT2D eigenvalue weighted by atomic mass is 9.65. The number of hydrogen-bond donors (Lipinski definition) is 1. The SMILES string of the molecule is O=C(O)CC1CCC2(CC1)CCN(C1=C(Cl)CCC(OC3CCCC3)=C1)CC2. The Morgan fingerprint density at radius 2 is 1.79 bits per heavy atom. The fourth-order valence-electron chi connectivity index (χ4n) is 5.70. The molecule has 4 nitrogen and oxygen atoms in total. The van der Waals surface area contributed by atoms with Crippen LogP contribution in [0.15, 0.2) is 22.6 Å². The molecule has 0 amide bonds. The minimum atomic E-state index is -0.642. The summed E-state index contributed by atoms with van der Waals surface area (Å²) >= 11 is 6.63. The number of rotatable bonds is 5. The summed E-state index contributed by atoms with van der Waals surface area (Å²) < 4.78 is 6.27. The standard InChI is InChI=1S/C23H34ClNO3/c24-20-6-5-19(28-18-3-1-2-4-18)16-21(20)25-13-11-23(12-14-25)9-7-17(8-10-23)15-22(26)27/h16-18H,1-15H2,(H,26,27). The zero-order valence-electron chi connectivity index (χ0n) is 16.9. The van der Waals surface area contributed by atoms with Crippen molar-refractivity contribution >= 4 is 17.6 Å². The van der Waals surface area contributed by atoms with Crippen molar-refractivity contribution in [2.75, 3.05) is 13.1 Å². The van der Waals surface area contributed by atoms with Gasteiger partial charge in [-0.1, -0.05) is 11.6 Å². The number of allylic oxidation sites excluding steroid dienone is 3. The molecule has 0 aromatic heterocycles. The minimum absolute atomic E-state index is 0.346. The summed E-state index contributed by atoms with van der Waals surface area (Å²) in [5.41, 5.74) is 1.62. The van der Waals surface area contributed by atoms with Crippen molar-refractivity contribution in [1.82, 2.24) is 4.90 Å². The first-order valence-corrected chi connectivity index (χ1v) is 11.6. The topological polar surface area (TPSA) is 49.8 Å². The molecule has 0 unspecified atom stereocenters. The molecule has 0 atom stereocenters. The van der Waals surface area contributed by atoms with Gasteiger partial charge in [-0.05, 0) is 82.0 Å². The van der Waals surface area contributed by atoms with Crippen molar-refractivity contribution < 1.29 is 14.6 Å². The van der Waals surface area contributed by atoms with Crippen LogP contribution in [0.5, 0.6) is 0 Å². The van der Waals surface area contributed by atoms with Gasteiger partial charge in [0.2, 0.25) is 0 Å². The normalized spacial score (nSPS) is 26.6. The predicted octanol–water partition coefficient (Wildman–Crippen LogP) is 5.82. The van der Waals surface area contributed by atoms with E-state index in [0.717, 1.165) is 49.6 Å². The van der Waals surface area contributed by atoms with Gasteiger partial charge in [-0.15, -0.1) is 0 Å². The first-order chi connectivity index (χ1) is 13.5. The Morgan fingerprint density at radius 3 is 2.43 bits per heavy atom. The van der Waals surface area contributed by atoms with Crippen LogP contribution in [-0.4, -0.2) is 35.2 Å². The van der Waals surface area contributed by atoms with Crippen LogP contribution in [0.2, 0.25) is 0 Å². The number of likely N-dealkylation sites (tertiary alicyclic amines) is 1. The van der Waals surface area contributed by atoms with Gasteiger partial charge in [0.15, 0.2) is 0 Å². The summed E-state index contributed by atoms with van der Waals surface area (Å²) in [6.45, 7) is 2.12. The van der Waals surface area contributed by atoms with Crippen LogP contribution in [0.4, 0.5) is 0 Å². The van der Waals surface area contributed by atoms with Crippen molar-refractivity contribution in [1.29, 1.82) is 0 Å². The zero-order chi connectivity index (χ0) is 19.6. The number of carbonyl (C=O) groups is 1. The van der Waals surface area contributed by atoms with Gasteiger partial charge in [-0.2, -0.15) is 0 Å². The quantitative estimate of drug-likeness (QED) is 0.623. The van der Waals surface area contributed by atoms with E-state index in [-0.39, 0.29) is 0 Å². The molecule has 4 rings (SSSR count). The number of halogens is 1. The number of hydrogen-bond acceptors (Lipinski definition) is 3. The molecule has 1 spiro atoms. The summed E-state index contributed by atoms with van der Waals surface area (Å²) in [7, 11) is 0. The van der Waals surface area contributed by atoms with Crippen molar-refractivity contribution in [3.8, 4) is 0 Å². The summed E-state index contributed by atoms with van der Waals surface area (Å²) in [5, 5.41) is 10.0. The van der Waals surface area contributed by atoms with Gasteiger partial charge >= 0.3 is 5.97 Å². The molecule has 2 saturated carbocycles. The molecule has 4 aliphatic rings. The second-order valence-corrected chi connectivity index (χ2v) is 9.91. The number of carboxylic acids is 1. The van der Waals surface area contributed by atoms with Gasteiger partial charge in [0, 0.05) is 37.0 Å². The molecule has 3 aliphatic carbocycles. The van der Waals surface area contributed by atoms with E-state index in [1.807, 2.05) is 0 Å². The molecule has 156 valence electrons. The van der Waals surface area contributed by atoms with Gasteiger partial charge < -0.3 is 14.7 Å². The van der Waals surface area contributed by atoms with Crippen molar-refractivity contribution in [2.24, 2.45) is 11.3 Å². The average Bonchev–Trinajstić information content (AvgIpc) is 3.19. The molecule has 0 radical (unpaired) electrons. The maximum atomic E-state index is 11.0. The maximum absolute atomic E-state index is 11.0. The molecule has 1 aliphatic heterocycles. The van der Waals surface area contributed by atoms with Gasteiger partial charge in [0.1, 0.15) is 0 Å². The third-order valence-corrected chi connectivity index (χ3v) is 7.96. The zero-order valence-corrected chi connectivity index (χ0v) is 17.7. The highest BCUT2D eigenvalue weighted by molar-refractivity contribution is 6.30. The van der Waals surface area contributed by atoms with Gasteiger partial charge in [0.05, 0.1) is 17.6 Å². The smallest absolute Gasteiger partial charge is 0.303 e. The summed E-state index contributed by atoms with van der Waals surface area (Å²) in [4.78, 5) is 13.4. The lowest BCUT2D eigenvalue weighted by Crippen LogP contribution is -2.41. The van der Waals surface area contributed by atoms with Crippen LogP contribution < -0.4 is 0 Å². The van der Waals surface area contributed by atoms with E-state index in [1.165, 1.54) is 57.1 Å². The Balaban J connectivity index is 1.33. The highest BCUT2D eigenvalue weighted by Gasteiger charge is 2.39. The maximum Gasteiger partial charge on any atom is 0.303 e. The first kappa shape index (κ1) is 20.1. The van der Waals surface area contributed by atoms with Crippen molar-refractivity contribution in [2.45, 2.75) is 89.6 Å². The third kappa shape index (κ3) is 4.69. The summed E-state index contributed by atoms with van der Waals surface area (Å²) in [6.07, 6.45) is 16.7. The number of piperidine rings is 1. The molecule has 5 heteroatoms. The number of ether oxygens (including phenoxy) is 1. The second kappa shape index (κ2) is 8.69. The van der Waals surface area contributed by atoms with E-state index in [2.05, 4.69) is 11.0 Å². The fraction of sp³-hybridized carbons (Fsp3) is 0.783. The van der Waals surface area contributed by atoms with E-state index < -0.39 is 5.97 Å². The van der Waals surface area contributed by atoms with Crippen LogP contribution in [0, 0.1) is 11.3 Å². The molecule has 0 bridgehead atoms. The molecular weight excluding hydrogens is 374 g/mol. The van der Waals surface area contributed by atoms with Crippen LogP contribution in [0.3, 0.4) is 0 Å². The predicted molar refractivity (Wildman–Crippen MR) is 111 cm³/mol. The molecular formula is C23H34ClNO3. The second-order valence-electron chi connectivity index (χ2n) is 9.45. The highest BCUT2D eigenvalue weighted by Crippen LogP contribution is 2.48. The monoisotopic (exact) mass is 407 g/mol. The molecule has 3 fully saturated rings. The van der Waals surface area contributed by atoms with E-state index in [9.17, 15) is 4.79 Å². The van der Waals surface area contributed by atoms with Crippen LogP contribution in [0.25, 0.3) is 0 Å². The van der Waals surface area contributed by atoms with Gasteiger partial charge in [-0.3, -0.25) is 4.79 Å². The highest BCUT2D eigenvalue weighted by atomic mass is 35.5. The van der Waals surface area contributed by atoms with Crippen LogP contribution in [0.1, 0.15) is 83.5 Å². The molecule has 1 saturated heterocycles. The molecule has 1 N–H and O–H groups in total. The number of carboxylic acid groups (broad SMARTS) is 1. The van der Waals surface area contributed by atoms with Crippen LogP contribution in [-0.2, 0) is 9.53 Å². The third-order valence-electron chi connectivity index (χ3n) is 7.58. The number of nitrogens with zero attached hydrogens (tertiary/aromatic N) is 1. The average molecular weight is 408 g/mol. The van der Waals surface area contributed by atoms with E-state index in [4.69, 9.17) is 21.4 Å². The Labute approximate surface area is 173 Å². The Morgan fingerprint density at radius 1 is 1.11 bits per heavy atom. The van der Waals surface area contributed by atoms with E-state index in [0.29, 0.717) is 23.9 Å². The Bertz CT molecular complexity index is 632. The number of aliphatic carboxylic acids is 1. The molecule has 1 heterocycles. The van der Waals surface area contributed by atoms with Crippen molar-refractivity contribution in [3.05, 3.63) is 22.6 Å².